The van der Waals surface area contributed by atoms with E-state index in [0.717, 1.165) is 44.1 Å². The standard InChI is InChI=1S/C26H24N4O3S/c1-14-15(2)34-26-23(14)24(27-21(12-22(32)33)25-29-28-16(3)30(25)26)18-10-8-17(9-11-18)20-7-5-4-6-19(20)13-31/h4-11,21,31H,12-13H2,1-3H3,(H,32,33)/t21-/m0/s1. The lowest BCUT2D eigenvalue weighted by Gasteiger charge is -2.12. The van der Waals surface area contributed by atoms with Gasteiger partial charge >= 0.3 is 5.97 Å². The zero-order valence-electron chi connectivity index (χ0n) is 19.1. The minimum absolute atomic E-state index is 0.0307. The molecule has 2 aromatic carbocycles. The highest BCUT2D eigenvalue weighted by molar-refractivity contribution is 7.15. The number of carbonyl (C=O) groups is 1. The predicted octanol–water partition coefficient (Wildman–Crippen LogP) is 4.78. The number of hydrogen-bond donors (Lipinski definition) is 2. The molecule has 5 rings (SSSR count). The number of carboxylic acids is 1. The summed E-state index contributed by atoms with van der Waals surface area (Å²) in [5.74, 6) is 0.320. The maximum Gasteiger partial charge on any atom is 0.306 e. The third-order valence-electron chi connectivity index (χ3n) is 6.26. The largest absolute Gasteiger partial charge is 0.481 e. The molecule has 0 saturated carbocycles. The van der Waals surface area contributed by atoms with E-state index in [1.165, 1.54) is 4.88 Å². The number of hydrogen-bond acceptors (Lipinski definition) is 6. The minimum atomic E-state index is -0.936. The van der Waals surface area contributed by atoms with Gasteiger partial charge in [0.05, 0.1) is 18.7 Å². The normalized spacial score (nSPS) is 14.8. The van der Waals surface area contributed by atoms with Crippen LogP contribution in [0.15, 0.2) is 53.5 Å². The zero-order chi connectivity index (χ0) is 24.0. The first-order valence-corrected chi connectivity index (χ1v) is 11.8. The van der Waals surface area contributed by atoms with Gasteiger partial charge in [-0.05, 0) is 43.0 Å². The Labute approximate surface area is 201 Å². The van der Waals surface area contributed by atoms with Crippen LogP contribution in [0.1, 0.15) is 51.2 Å². The van der Waals surface area contributed by atoms with E-state index >= 15 is 0 Å². The topological polar surface area (TPSA) is 101 Å². The summed E-state index contributed by atoms with van der Waals surface area (Å²) in [5, 5.41) is 28.8. The van der Waals surface area contributed by atoms with Crippen molar-refractivity contribution in [2.24, 2.45) is 4.99 Å². The van der Waals surface area contributed by atoms with E-state index in [9.17, 15) is 15.0 Å². The van der Waals surface area contributed by atoms with Crippen LogP contribution in [-0.2, 0) is 11.4 Å². The van der Waals surface area contributed by atoms with E-state index in [0.29, 0.717) is 11.6 Å². The molecule has 0 aliphatic carbocycles. The first kappa shape index (κ1) is 22.2. The summed E-state index contributed by atoms with van der Waals surface area (Å²) in [7, 11) is 0. The lowest BCUT2D eigenvalue weighted by atomic mass is 9.95. The van der Waals surface area contributed by atoms with Gasteiger partial charge in [0.2, 0.25) is 0 Å². The van der Waals surface area contributed by atoms with Crippen LogP contribution in [0.2, 0.25) is 0 Å². The van der Waals surface area contributed by atoms with Gasteiger partial charge in [0.1, 0.15) is 16.9 Å². The van der Waals surface area contributed by atoms with Gasteiger partial charge in [-0.25, -0.2) is 0 Å². The highest BCUT2D eigenvalue weighted by atomic mass is 32.1. The molecule has 0 unspecified atom stereocenters. The molecular formula is C26H24N4O3S. The number of benzene rings is 2. The third kappa shape index (κ3) is 3.65. The summed E-state index contributed by atoms with van der Waals surface area (Å²) in [6, 6.07) is 15.2. The van der Waals surface area contributed by atoms with Crippen molar-refractivity contribution in [3.05, 3.63) is 87.3 Å². The van der Waals surface area contributed by atoms with E-state index < -0.39 is 12.0 Å². The molecule has 1 aliphatic heterocycles. The lowest BCUT2D eigenvalue weighted by Crippen LogP contribution is -2.10. The Balaban J connectivity index is 1.68. The van der Waals surface area contributed by atoms with Crippen molar-refractivity contribution in [2.45, 2.75) is 39.8 Å². The second-order valence-electron chi connectivity index (χ2n) is 8.39. The smallest absolute Gasteiger partial charge is 0.306 e. The molecule has 34 heavy (non-hydrogen) atoms. The molecule has 0 bridgehead atoms. The van der Waals surface area contributed by atoms with E-state index in [1.807, 2.05) is 60.0 Å². The fraction of sp³-hybridized carbons (Fsp3) is 0.231. The van der Waals surface area contributed by atoms with Crippen LogP contribution >= 0.6 is 11.3 Å². The molecule has 0 spiro atoms. The molecule has 0 saturated heterocycles. The summed E-state index contributed by atoms with van der Waals surface area (Å²) in [6.07, 6.45) is -0.170. The molecule has 3 heterocycles. The maximum atomic E-state index is 11.7. The number of nitrogens with zero attached hydrogens (tertiary/aromatic N) is 4. The SMILES string of the molecule is Cc1sc2c(c1C)C(c1ccc(-c3ccccc3CO)cc1)=N[C@@H](CC(=O)O)c1nnc(C)n1-2. The molecular weight excluding hydrogens is 448 g/mol. The van der Waals surface area contributed by atoms with Gasteiger partial charge < -0.3 is 10.2 Å². The Bertz CT molecular complexity index is 1430. The highest BCUT2D eigenvalue weighted by Gasteiger charge is 2.32. The van der Waals surface area contributed by atoms with Crippen molar-refractivity contribution in [1.29, 1.82) is 0 Å². The molecule has 7 nitrogen and oxygen atoms in total. The Morgan fingerprint density at radius 2 is 1.74 bits per heavy atom. The summed E-state index contributed by atoms with van der Waals surface area (Å²) >= 11 is 1.64. The number of aliphatic carboxylic acids is 1. The number of aliphatic imine (C=N–C) groups is 1. The monoisotopic (exact) mass is 472 g/mol. The summed E-state index contributed by atoms with van der Waals surface area (Å²) in [6.45, 7) is 6.00. The van der Waals surface area contributed by atoms with Gasteiger partial charge in [0.15, 0.2) is 5.82 Å². The fourth-order valence-corrected chi connectivity index (χ4v) is 5.65. The Hall–Kier alpha value is -3.62. The van der Waals surface area contributed by atoms with E-state index in [-0.39, 0.29) is 13.0 Å². The molecule has 8 heteroatoms. The Morgan fingerprint density at radius 3 is 2.44 bits per heavy atom. The minimum Gasteiger partial charge on any atom is -0.481 e. The van der Waals surface area contributed by atoms with Crippen molar-refractivity contribution in [3.8, 4) is 16.1 Å². The molecule has 1 atom stereocenters. The number of rotatable bonds is 5. The number of carboxylic acid groups (broad SMARTS) is 1. The molecule has 1 aliphatic rings. The van der Waals surface area contributed by atoms with E-state index in [2.05, 4.69) is 24.0 Å². The quantitative estimate of drug-likeness (QED) is 0.435. The van der Waals surface area contributed by atoms with Crippen molar-refractivity contribution < 1.29 is 15.0 Å². The number of aliphatic hydroxyl groups excluding tert-OH is 1. The van der Waals surface area contributed by atoms with Crippen LogP contribution in [-0.4, -0.2) is 36.7 Å². The highest BCUT2D eigenvalue weighted by Crippen LogP contribution is 2.39. The van der Waals surface area contributed by atoms with E-state index in [1.54, 1.807) is 11.3 Å². The molecule has 172 valence electrons. The van der Waals surface area contributed by atoms with Gasteiger partial charge in [-0.3, -0.25) is 14.4 Å². The molecule has 0 fully saturated rings. The number of aromatic nitrogens is 3. The Morgan fingerprint density at radius 1 is 1.03 bits per heavy atom. The molecule has 2 aromatic heterocycles. The third-order valence-corrected chi connectivity index (χ3v) is 7.46. The number of aryl methyl sites for hydroxylation is 2. The number of fused-ring (bicyclic) bond motifs is 3. The van der Waals surface area contributed by atoms with Crippen molar-refractivity contribution in [2.75, 3.05) is 0 Å². The number of aliphatic hydroxyl groups is 1. The predicted molar refractivity (Wildman–Crippen MR) is 132 cm³/mol. The van der Waals surface area contributed by atoms with Gasteiger partial charge in [-0.1, -0.05) is 48.5 Å². The van der Waals surface area contributed by atoms with Gasteiger partial charge in [0.25, 0.3) is 0 Å². The van der Waals surface area contributed by atoms with Crippen LogP contribution in [0.4, 0.5) is 0 Å². The average molecular weight is 473 g/mol. The summed E-state index contributed by atoms with van der Waals surface area (Å²) in [4.78, 5) is 17.8. The molecule has 0 radical (unpaired) electrons. The van der Waals surface area contributed by atoms with Crippen molar-refractivity contribution >= 4 is 23.0 Å². The van der Waals surface area contributed by atoms with Crippen LogP contribution < -0.4 is 0 Å². The number of thiophene rings is 1. The molecule has 2 N–H and O–H groups in total. The van der Waals surface area contributed by atoms with E-state index in [4.69, 9.17) is 4.99 Å². The second-order valence-corrected chi connectivity index (χ2v) is 9.59. The van der Waals surface area contributed by atoms with Gasteiger partial charge in [-0.15, -0.1) is 21.5 Å². The molecule has 4 aromatic rings. The molecule has 0 amide bonds. The fourth-order valence-electron chi connectivity index (χ4n) is 4.44. The van der Waals surface area contributed by atoms with Gasteiger partial charge in [0, 0.05) is 16.0 Å². The first-order valence-electron chi connectivity index (χ1n) is 11.0. The van der Waals surface area contributed by atoms with Crippen molar-refractivity contribution in [3.63, 3.8) is 0 Å². The van der Waals surface area contributed by atoms with Crippen LogP contribution in [0.3, 0.4) is 0 Å². The van der Waals surface area contributed by atoms with Crippen molar-refractivity contribution in [1.82, 2.24) is 14.8 Å². The van der Waals surface area contributed by atoms with Gasteiger partial charge in [-0.2, -0.15) is 0 Å². The first-order chi connectivity index (χ1) is 16.4. The maximum absolute atomic E-state index is 11.7. The van der Waals surface area contributed by atoms with Crippen LogP contribution in [0, 0.1) is 20.8 Å². The summed E-state index contributed by atoms with van der Waals surface area (Å²) in [5.41, 5.74) is 6.61. The lowest BCUT2D eigenvalue weighted by molar-refractivity contribution is -0.137. The average Bonchev–Trinajstić information content (AvgIpc) is 3.31. The Kier molecular flexibility index (Phi) is 5.63. The van der Waals surface area contributed by atoms with Crippen LogP contribution in [0.5, 0.6) is 0 Å². The zero-order valence-corrected chi connectivity index (χ0v) is 19.9. The second kappa shape index (κ2) is 8.62. The van der Waals surface area contributed by atoms with Crippen LogP contribution in [0.25, 0.3) is 16.1 Å². The summed E-state index contributed by atoms with van der Waals surface area (Å²) < 4.78 is 1.95.